The van der Waals surface area contributed by atoms with Crippen LogP contribution in [0, 0.1) is 29.6 Å². The maximum Gasteiger partial charge on any atom is 0.341 e. The predicted molar refractivity (Wildman–Crippen MR) is 87.4 cm³/mol. The van der Waals surface area contributed by atoms with E-state index in [1.807, 2.05) is 19.1 Å². The van der Waals surface area contributed by atoms with Crippen LogP contribution in [0.4, 0.5) is 0 Å². The number of ether oxygens (including phenoxy) is 1. The fraction of sp³-hybridized carbons (Fsp3) is 0.579. The molecule has 0 heterocycles. The first kappa shape index (κ1) is 15.5. The van der Waals surface area contributed by atoms with Crippen molar-refractivity contribution in [2.24, 2.45) is 29.6 Å². The van der Waals surface area contributed by atoms with Crippen LogP contribution in [0.25, 0.3) is 0 Å². The van der Waals surface area contributed by atoms with E-state index >= 15 is 0 Å². The van der Waals surface area contributed by atoms with Gasteiger partial charge in [-0.3, -0.25) is 4.79 Å². The van der Waals surface area contributed by atoms with E-state index in [0.717, 1.165) is 17.4 Å². The van der Waals surface area contributed by atoms with E-state index in [9.17, 15) is 9.59 Å². The van der Waals surface area contributed by atoms with E-state index in [-0.39, 0.29) is 24.5 Å². The molecule has 4 rings (SSSR count). The molecule has 1 aromatic rings. The third-order valence-electron chi connectivity index (χ3n) is 6.14. The van der Waals surface area contributed by atoms with E-state index in [0.29, 0.717) is 17.6 Å². The molecule has 2 N–H and O–H groups in total. The first-order valence-electron chi connectivity index (χ1n) is 8.79. The Balaban J connectivity index is 1.32. The lowest BCUT2D eigenvalue weighted by atomic mass is 10.0. The molecular weight excluding hydrogens is 306 g/mol. The average molecular weight is 329 g/mol. The summed E-state index contributed by atoms with van der Waals surface area (Å²) in [4.78, 5) is 23.1. The second-order valence-corrected chi connectivity index (χ2v) is 7.50. The highest BCUT2D eigenvalue weighted by Gasteiger charge is 2.67. The third kappa shape index (κ3) is 2.66. The van der Waals surface area contributed by atoms with Crippen LogP contribution in [0.1, 0.15) is 37.8 Å². The lowest BCUT2D eigenvalue weighted by Crippen LogP contribution is -2.30. The molecule has 2 bridgehead atoms. The lowest BCUT2D eigenvalue weighted by molar-refractivity contribution is -0.139. The van der Waals surface area contributed by atoms with Crippen LogP contribution in [0.5, 0.6) is 5.75 Å². The van der Waals surface area contributed by atoms with Gasteiger partial charge in [0.25, 0.3) is 0 Å². The summed E-state index contributed by atoms with van der Waals surface area (Å²) < 4.78 is 5.13. The van der Waals surface area contributed by atoms with Gasteiger partial charge in [-0.25, -0.2) is 4.79 Å². The van der Waals surface area contributed by atoms with Crippen molar-refractivity contribution in [1.82, 2.24) is 5.32 Å². The lowest BCUT2D eigenvalue weighted by Gasteiger charge is -2.16. The summed E-state index contributed by atoms with van der Waals surface area (Å²) in [7, 11) is 0. The molecule has 3 fully saturated rings. The molecule has 0 radical (unpaired) electrons. The molecule has 0 saturated heterocycles. The molecule has 5 unspecified atom stereocenters. The number of fused-ring (bicyclic) bond motifs is 5. The van der Waals surface area contributed by atoms with Crippen molar-refractivity contribution < 1.29 is 19.4 Å². The van der Waals surface area contributed by atoms with E-state index in [2.05, 4.69) is 5.32 Å². The zero-order valence-electron chi connectivity index (χ0n) is 13.8. The Hall–Kier alpha value is -2.04. The van der Waals surface area contributed by atoms with Crippen molar-refractivity contribution >= 4 is 11.9 Å². The second-order valence-electron chi connectivity index (χ2n) is 7.50. The van der Waals surface area contributed by atoms with E-state index in [4.69, 9.17) is 9.84 Å². The van der Waals surface area contributed by atoms with Crippen molar-refractivity contribution in [2.45, 2.75) is 32.2 Å². The monoisotopic (exact) mass is 329 g/mol. The number of benzene rings is 1. The summed E-state index contributed by atoms with van der Waals surface area (Å²) >= 11 is 0. The maximum absolute atomic E-state index is 12.6. The summed E-state index contributed by atoms with van der Waals surface area (Å²) in [6, 6.07) is 7.18. The predicted octanol–water partition coefficient (Wildman–Crippen LogP) is 2.62. The molecule has 5 heteroatoms. The van der Waals surface area contributed by atoms with Gasteiger partial charge in [0.15, 0.2) is 6.61 Å². The Kier molecular flexibility index (Phi) is 3.74. The van der Waals surface area contributed by atoms with Crippen LogP contribution in [-0.4, -0.2) is 23.6 Å². The van der Waals surface area contributed by atoms with Gasteiger partial charge in [-0.1, -0.05) is 12.1 Å². The Labute approximate surface area is 141 Å². The highest BCUT2D eigenvalue weighted by molar-refractivity contribution is 5.83. The maximum atomic E-state index is 12.6. The van der Waals surface area contributed by atoms with Crippen molar-refractivity contribution in [3.63, 3.8) is 0 Å². The molecular formula is C19H23NO4. The quantitative estimate of drug-likeness (QED) is 0.841. The number of aliphatic carboxylic acids is 1. The van der Waals surface area contributed by atoms with Crippen LogP contribution < -0.4 is 10.1 Å². The summed E-state index contributed by atoms with van der Waals surface area (Å²) in [6.45, 7) is 1.64. The Morgan fingerprint density at radius 2 is 1.83 bits per heavy atom. The Morgan fingerprint density at radius 3 is 2.42 bits per heavy atom. The summed E-state index contributed by atoms with van der Waals surface area (Å²) in [5, 5.41) is 11.8. The molecule has 1 aromatic carbocycles. The van der Waals surface area contributed by atoms with Crippen LogP contribution in [0.2, 0.25) is 0 Å². The molecule has 0 aliphatic heterocycles. The average Bonchev–Trinajstić information content (AvgIpc) is 3.01. The number of hydrogen-bond donors (Lipinski definition) is 2. The molecule has 3 aliphatic rings. The van der Waals surface area contributed by atoms with Gasteiger partial charge < -0.3 is 15.2 Å². The van der Waals surface area contributed by atoms with Gasteiger partial charge in [-0.15, -0.1) is 0 Å². The van der Waals surface area contributed by atoms with Gasteiger partial charge in [0.2, 0.25) is 5.91 Å². The molecule has 0 spiro atoms. The van der Waals surface area contributed by atoms with Gasteiger partial charge in [0.1, 0.15) is 5.75 Å². The number of carbonyl (C=O) groups is 2. The van der Waals surface area contributed by atoms with E-state index in [1.165, 1.54) is 19.3 Å². The highest BCUT2D eigenvalue weighted by atomic mass is 16.5. The van der Waals surface area contributed by atoms with Crippen molar-refractivity contribution in [2.75, 3.05) is 6.61 Å². The molecule has 128 valence electrons. The van der Waals surface area contributed by atoms with Gasteiger partial charge in [0, 0.05) is 5.92 Å². The smallest absolute Gasteiger partial charge is 0.341 e. The van der Waals surface area contributed by atoms with E-state index < -0.39 is 5.97 Å². The third-order valence-corrected chi connectivity index (χ3v) is 6.14. The molecule has 1 amide bonds. The van der Waals surface area contributed by atoms with Gasteiger partial charge in [0.05, 0.1) is 6.04 Å². The Bertz CT molecular complexity index is 640. The van der Waals surface area contributed by atoms with E-state index in [1.54, 1.807) is 12.1 Å². The van der Waals surface area contributed by atoms with Gasteiger partial charge in [-0.05, 0) is 67.6 Å². The molecule has 5 nitrogen and oxygen atoms in total. The van der Waals surface area contributed by atoms with Crippen LogP contribution in [0.15, 0.2) is 24.3 Å². The number of amides is 1. The summed E-state index contributed by atoms with van der Waals surface area (Å²) in [5.41, 5.74) is 1.000. The molecule has 5 atom stereocenters. The topological polar surface area (TPSA) is 75.6 Å². The standard InChI is InChI=1S/C19H23NO4/c1-10(11-4-6-14(7-5-11)24-9-15(21)22)20-19(23)18-16-12-2-3-13(8-12)17(16)18/h4-7,10,12-13,16-18H,2-3,8-9H2,1H3,(H,20,23)(H,21,22). The largest absolute Gasteiger partial charge is 0.482 e. The minimum atomic E-state index is -0.997. The SMILES string of the molecule is CC(NC(=O)C1C2C3CCC(C3)C12)c1ccc(OCC(=O)O)cc1. The first-order chi connectivity index (χ1) is 11.5. The molecule has 3 saturated carbocycles. The number of carbonyl (C=O) groups excluding carboxylic acids is 1. The van der Waals surface area contributed by atoms with Crippen LogP contribution >= 0.6 is 0 Å². The fourth-order valence-corrected chi connectivity index (χ4v) is 5.07. The van der Waals surface area contributed by atoms with Gasteiger partial charge >= 0.3 is 5.97 Å². The highest BCUT2D eigenvalue weighted by Crippen LogP contribution is 2.69. The Morgan fingerprint density at radius 1 is 1.21 bits per heavy atom. The zero-order chi connectivity index (χ0) is 16.8. The second kappa shape index (κ2) is 5.80. The van der Waals surface area contributed by atoms with Crippen LogP contribution in [0.3, 0.4) is 0 Å². The molecule has 0 aromatic heterocycles. The number of carboxylic acid groups (broad SMARTS) is 1. The summed E-state index contributed by atoms with van der Waals surface area (Å²) in [6.07, 6.45) is 4.00. The first-order valence-corrected chi connectivity index (χ1v) is 8.79. The normalized spacial score (nSPS) is 33.6. The van der Waals surface area contributed by atoms with Crippen molar-refractivity contribution in [3.05, 3.63) is 29.8 Å². The number of hydrogen-bond acceptors (Lipinski definition) is 3. The van der Waals surface area contributed by atoms with Crippen molar-refractivity contribution in [3.8, 4) is 5.75 Å². The number of nitrogens with one attached hydrogen (secondary N) is 1. The fourth-order valence-electron chi connectivity index (χ4n) is 5.07. The molecule has 3 aliphatic carbocycles. The van der Waals surface area contributed by atoms with Gasteiger partial charge in [-0.2, -0.15) is 0 Å². The minimum Gasteiger partial charge on any atom is -0.482 e. The summed E-state index contributed by atoms with van der Waals surface area (Å²) in [5.74, 6) is 2.90. The number of carboxylic acids is 1. The zero-order valence-corrected chi connectivity index (χ0v) is 13.8. The number of rotatable bonds is 6. The molecule has 24 heavy (non-hydrogen) atoms. The van der Waals surface area contributed by atoms with Crippen LogP contribution in [-0.2, 0) is 9.59 Å². The minimum absolute atomic E-state index is 0.0509. The van der Waals surface area contributed by atoms with Crippen molar-refractivity contribution in [1.29, 1.82) is 0 Å².